The third kappa shape index (κ3) is 3.96. The molecule has 1 atom stereocenters. The van der Waals surface area contributed by atoms with Gasteiger partial charge in [0, 0.05) is 30.1 Å². The summed E-state index contributed by atoms with van der Waals surface area (Å²) in [7, 11) is 0. The highest BCUT2D eigenvalue weighted by Gasteiger charge is 2.25. The predicted molar refractivity (Wildman–Crippen MR) is 103 cm³/mol. The Labute approximate surface area is 169 Å². The van der Waals surface area contributed by atoms with E-state index in [4.69, 9.17) is 4.74 Å². The maximum absolute atomic E-state index is 14.3. The quantitative estimate of drug-likeness (QED) is 0.595. The zero-order chi connectivity index (χ0) is 21.3. The molecule has 1 aliphatic heterocycles. The molecule has 1 fully saturated rings. The molecule has 156 valence electrons. The molecule has 2 heterocycles. The van der Waals surface area contributed by atoms with Crippen LogP contribution in [0.5, 0.6) is 0 Å². The van der Waals surface area contributed by atoms with E-state index in [1.165, 1.54) is 30.3 Å². The summed E-state index contributed by atoms with van der Waals surface area (Å²) in [4.78, 5) is 26.5. The first-order valence-electron chi connectivity index (χ1n) is 9.39. The zero-order valence-electron chi connectivity index (χ0n) is 15.7. The Morgan fingerprint density at radius 1 is 1.13 bits per heavy atom. The van der Waals surface area contributed by atoms with Crippen LogP contribution in [0.1, 0.15) is 12.0 Å². The van der Waals surface area contributed by atoms with E-state index in [9.17, 15) is 22.8 Å². The van der Waals surface area contributed by atoms with Crippen LogP contribution in [0.3, 0.4) is 0 Å². The molecular weight excluding hydrogens is 399 g/mol. The van der Waals surface area contributed by atoms with Crippen LogP contribution in [-0.4, -0.2) is 36.2 Å². The van der Waals surface area contributed by atoms with Gasteiger partial charge >= 0.3 is 6.09 Å². The third-order valence-electron chi connectivity index (χ3n) is 4.99. The van der Waals surface area contributed by atoms with E-state index in [1.807, 2.05) is 0 Å². The molecule has 0 radical (unpaired) electrons. The molecule has 3 N–H and O–H groups in total. The van der Waals surface area contributed by atoms with Crippen LogP contribution in [0.25, 0.3) is 22.2 Å². The second-order valence-corrected chi connectivity index (χ2v) is 6.96. The smallest absolute Gasteiger partial charge is 0.407 e. The van der Waals surface area contributed by atoms with Crippen molar-refractivity contribution in [3.63, 3.8) is 0 Å². The van der Waals surface area contributed by atoms with Gasteiger partial charge in [0.2, 0.25) is 5.91 Å². The number of carbonyl (C=O) groups excluding carboxylic acids is 2. The summed E-state index contributed by atoms with van der Waals surface area (Å²) in [5, 5.41) is 5.50. The fraction of sp³-hybridized carbons (Fsp3) is 0.238. The lowest BCUT2D eigenvalue weighted by Crippen LogP contribution is -2.50. The molecule has 3 aromatic rings. The number of benzene rings is 2. The molecule has 6 nitrogen and oxygen atoms in total. The SMILES string of the molecule is O=C1N[C@H](C(=O)NCCc2c(-c3ccc(F)cc3)[nH]c3c(F)cc(F)cc23)CCO1. The number of cyclic esters (lactones) is 1. The number of halogens is 3. The lowest BCUT2D eigenvalue weighted by molar-refractivity contribution is -0.124. The lowest BCUT2D eigenvalue weighted by Gasteiger charge is -2.22. The van der Waals surface area contributed by atoms with E-state index in [0.717, 1.165) is 6.07 Å². The van der Waals surface area contributed by atoms with Crippen molar-refractivity contribution in [2.24, 2.45) is 0 Å². The van der Waals surface area contributed by atoms with Crippen LogP contribution in [-0.2, 0) is 16.0 Å². The number of alkyl carbamates (subject to hydrolysis) is 1. The van der Waals surface area contributed by atoms with Gasteiger partial charge < -0.3 is 20.4 Å². The Balaban J connectivity index is 1.60. The second-order valence-electron chi connectivity index (χ2n) is 6.96. The van der Waals surface area contributed by atoms with Crippen molar-refractivity contribution in [2.45, 2.75) is 18.9 Å². The highest BCUT2D eigenvalue weighted by molar-refractivity contribution is 5.91. The van der Waals surface area contributed by atoms with Crippen LogP contribution in [0.2, 0.25) is 0 Å². The predicted octanol–water partition coefficient (Wildman–Crippen LogP) is 3.41. The molecule has 0 unspecified atom stereocenters. The molecule has 2 aromatic carbocycles. The first-order chi connectivity index (χ1) is 14.4. The first kappa shape index (κ1) is 19.8. The second kappa shape index (κ2) is 8.10. The number of hydrogen-bond acceptors (Lipinski definition) is 3. The van der Waals surface area contributed by atoms with E-state index in [2.05, 4.69) is 15.6 Å². The van der Waals surface area contributed by atoms with E-state index in [-0.39, 0.29) is 31.0 Å². The number of carbonyl (C=O) groups is 2. The van der Waals surface area contributed by atoms with Crippen molar-refractivity contribution in [1.29, 1.82) is 0 Å². The van der Waals surface area contributed by atoms with Crippen molar-refractivity contribution in [3.05, 3.63) is 59.4 Å². The topological polar surface area (TPSA) is 83.2 Å². The van der Waals surface area contributed by atoms with E-state index >= 15 is 0 Å². The maximum Gasteiger partial charge on any atom is 0.407 e. The molecule has 1 aromatic heterocycles. The molecule has 0 spiro atoms. The number of nitrogens with one attached hydrogen (secondary N) is 3. The molecule has 4 rings (SSSR count). The van der Waals surface area contributed by atoms with Crippen LogP contribution in [0.15, 0.2) is 36.4 Å². The van der Waals surface area contributed by atoms with Gasteiger partial charge in [-0.25, -0.2) is 18.0 Å². The molecule has 1 saturated heterocycles. The minimum absolute atomic E-state index is 0.133. The number of amides is 2. The van der Waals surface area contributed by atoms with Crippen molar-refractivity contribution >= 4 is 22.9 Å². The Morgan fingerprint density at radius 2 is 1.90 bits per heavy atom. The fourth-order valence-electron chi connectivity index (χ4n) is 3.55. The van der Waals surface area contributed by atoms with E-state index in [1.54, 1.807) is 0 Å². The zero-order valence-corrected chi connectivity index (χ0v) is 15.7. The van der Waals surface area contributed by atoms with Gasteiger partial charge in [-0.05, 0) is 47.9 Å². The average Bonchev–Trinajstić information content (AvgIpc) is 3.07. The molecule has 9 heteroatoms. The lowest BCUT2D eigenvalue weighted by atomic mass is 10.0. The summed E-state index contributed by atoms with van der Waals surface area (Å²) < 4.78 is 46.2. The molecule has 0 aliphatic carbocycles. The average molecular weight is 417 g/mol. The number of aromatic nitrogens is 1. The van der Waals surface area contributed by atoms with Gasteiger partial charge in [-0.15, -0.1) is 0 Å². The number of fused-ring (bicyclic) bond motifs is 1. The molecular formula is C21H18F3N3O3. The standard InChI is InChI=1S/C21H18F3N3O3/c22-12-3-1-11(2-4-12)18-14(15-9-13(23)10-16(24)19(15)27-18)5-7-25-20(28)17-6-8-30-21(29)26-17/h1-4,9-10,17,27H,5-8H2,(H,25,28)(H,26,29)/t17-/m0/s1. The van der Waals surface area contributed by atoms with Crippen LogP contribution >= 0.6 is 0 Å². The van der Waals surface area contributed by atoms with Crippen molar-refractivity contribution < 1.29 is 27.5 Å². The van der Waals surface area contributed by atoms with Crippen LogP contribution < -0.4 is 10.6 Å². The van der Waals surface area contributed by atoms with Crippen LogP contribution in [0.4, 0.5) is 18.0 Å². The molecule has 30 heavy (non-hydrogen) atoms. The Morgan fingerprint density at radius 3 is 2.63 bits per heavy atom. The van der Waals surface area contributed by atoms with Gasteiger partial charge in [0.25, 0.3) is 0 Å². The van der Waals surface area contributed by atoms with E-state index in [0.29, 0.717) is 28.6 Å². The van der Waals surface area contributed by atoms with E-state index < -0.39 is 29.6 Å². The summed E-state index contributed by atoms with van der Waals surface area (Å²) in [5.41, 5.74) is 1.84. The number of aromatic amines is 1. The third-order valence-corrected chi connectivity index (χ3v) is 4.99. The van der Waals surface area contributed by atoms with Gasteiger partial charge in [-0.2, -0.15) is 0 Å². The molecule has 2 amide bonds. The van der Waals surface area contributed by atoms with Gasteiger partial charge in [-0.1, -0.05) is 0 Å². The van der Waals surface area contributed by atoms with Gasteiger partial charge in [-0.3, -0.25) is 4.79 Å². The maximum atomic E-state index is 14.3. The summed E-state index contributed by atoms with van der Waals surface area (Å²) in [6.45, 7) is 0.324. The normalized spacial score (nSPS) is 16.2. The minimum Gasteiger partial charge on any atom is -0.449 e. The highest BCUT2D eigenvalue weighted by atomic mass is 19.1. The Kier molecular flexibility index (Phi) is 5.35. The summed E-state index contributed by atoms with van der Waals surface area (Å²) in [5.74, 6) is -2.25. The summed E-state index contributed by atoms with van der Waals surface area (Å²) in [6.07, 6.45) is -0.0389. The minimum atomic E-state index is -0.742. The van der Waals surface area contributed by atoms with Gasteiger partial charge in [0.05, 0.1) is 12.1 Å². The van der Waals surface area contributed by atoms with Gasteiger partial charge in [0.1, 0.15) is 23.5 Å². The monoisotopic (exact) mass is 417 g/mol. The molecule has 0 bridgehead atoms. The molecule has 0 saturated carbocycles. The number of H-pyrrole nitrogens is 1. The van der Waals surface area contributed by atoms with Crippen molar-refractivity contribution in [2.75, 3.05) is 13.2 Å². The van der Waals surface area contributed by atoms with Crippen LogP contribution in [0, 0.1) is 17.5 Å². The summed E-state index contributed by atoms with van der Waals surface area (Å²) >= 11 is 0. The Hall–Kier alpha value is -3.49. The first-order valence-corrected chi connectivity index (χ1v) is 9.39. The van der Waals surface area contributed by atoms with Gasteiger partial charge in [0.15, 0.2) is 0 Å². The number of hydrogen-bond donors (Lipinski definition) is 3. The largest absolute Gasteiger partial charge is 0.449 e. The number of ether oxygens (including phenoxy) is 1. The number of rotatable bonds is 5. The fourth-order valence-corrected chi connectivity index (χ4v) is 3.55. The molecule has 1 aliphatic rings. The Bertz CT molecular complexity index is 1110. The van der Waals surface area contributed by atoms with Crippen molar-refractivity contribution in [1.82, 2.24) is 15.6 Å². The highest BCUT2D eigenvalue weighted by Crippen LogP contribution is 2.32. The summed E-state index contributed by atoms with van der Waals surface area (Å²) in [6, 6.07) is 6.93. The van der Waals surface area contributed by atoms with Crippen molar-refractivity contribution in [3.8, 4) is 11.3 Å².